The number of hydrogen-bond acceptors (Lipinski definition) is 2. The number of rotatable bonds is 8. The number of fused-ring (bicyclic) bond motifs is 7. The van der Waals surface area contributed by atoms with Crippen molar-refractivity contribution < 1.29 is 4.42 Å². The fourth-order valence-electron chi connectivity index (χ4n) is 10.3. The van der Waals surface area contributed by atoms with Crippen LogP contribution in [0.2, 0.25) is 0 Å². The first kappa shape index (κ1) is 38.5. The van der Waals surface area contributed by atoms with Crippen LogP contribution < -0.4 is 4.90 Å². The Bertz CT molecular complexity index is 3910. The van der Waals surface area contributed by atoms with Gasteiger partial charge in [-0.05, 0) is 111 Å². The zero-order chi connectivity index (χ0) is 44.3. The van der Waals surface area contributed by atoms with Crippen LogP contribution in [0, 0.1) is 0 Å². The van der Waals surface area contributed by atoms with Gasteiger partial charge in [0, 0.05) is 44.0 Å². The third-order valence-corrected chi connectivity index (χ3v) is 13.4. The smallest absolute Gasteiger partial charge is 0.136 e. The summed E-state index contributed by atoms with van der Waals surface area (Å²) in [5, 5.41) is 7.14. The average Bonchev–Trinajstić information content (AvgIpc) is 3.96. The first-order valence-electron chi connectivity index (χ1n) is 22.9. The van der Waals surface area contributed by atoms with E-state index in [4.69, 9.17) is 4.42 Å². The lowest BCUT2D eigenvalue weighted by Gasteiger charge is -2.29. The van der Waals surface area contributed by atoms with E-state index in [2.05, 4.69) is 258 Å². The van der Waals surface area contributed by atoms with Gasteiger partial charge in [0.05, 0.1) is 22.4 Å². The van der Waals surface area contributed by atoms with Crippen LogP contribution in [-0.2, 0) is 0 Å². The molecule has 0 N–H and O–H groups in total. The van der Waals surface area contributed by atoms with Crippen LogP contribution in [0.3, 0.4) is 0 Å². The van der Waals surface area contributed by atoms with E-state index in [-0.39, 0.29) is 0 Å². The van der Waals surface area contributed by atoms with Crippen LogP contribution in [0.1, 0.15) is 0 Å². The van der Waals surface area contributed by atoms with Gasteiger partial charge < -0.3 is 13.9 Å². The van der Waals surface area contributed by atoms with Crippen LogP contribution in [0.15, 0.2) is 259 Å². The topological polar surface area (TPSA) is 21.3 Å². The number of furan rings is 1. The van der Waals surface area contributed by atoms with Gasteiger partial charge in [0.15, 0.2) is 0 Å². The molecule has 0 aliphatic rings. The van der Waals surface area contributed by atoms with Gasteiger partial charge in [-0.15, -0.1) is 0 Å². The van der Waals surface area contributed by atoms with Gasteiger partial charge in [-0.25, -0.2) is 0 Å². The van der Waals surface area contributed by atoms with Crippen molar-refractivity contribution in [2.75, 3.05) is 4.90 Å². The number of aromatic nitrogens is 1. The maximum atomic E-state index is 6.57. The predicted molar refractivity (Wildman–Crippen MR) is 282 cm³/mol. The fourth-order valence-corrected chi connectivity index (χ4v) is 10.3. The fraction of sp³-hybridized carbons (Fsp3) is 0. The maximum Gasteiger partial charge on any atom is 0.136 e. The van der Waals surface area contributed by atoms with E-state index in [1.54, 1.807) is 0 Å². The Morgan fingerprint density at radius 3 is 1.60 bits per heavy atom. The molecule has 3 nitrogen and oxygen atoms in total. The van der Waals surface area contributed by atoms with E-state index < -0.39 is 0 Å². The van der Waals surface area contributed by atoms with Gasteiger partial charge in [-0.1, -0.05) is 188 Å². The molecule has 2 aromatic heterocycles. The number of benzene rings is 11. The summed E-state index contributed by atoms with van der Waals surface area (Å²) in [6.07, 6.45) is 0. The molecule has 13 rings (SSSR count). The molecule has 2 heterocycles. The van der Waals surface area contributed by atoms with Crippen molar-refractivity contribution in [2.24, 2.45) is 0 Å². The third-order valence-electron chi connectivity index (χ3n) is 13.4. The third kappa shape index (κ3) is 6.51. The lowest BCUT2D eigenvalue weighted by atomic mass is 9.92. The van der Waals surface area contributed by atoms with Crippen LogP contribution in [-0.4, -0.2) is 4.57 Å². The zero-order valence-electron chi connectivity index (χ0n) is 36.6. The quantitative estimate of drug-likeness (QED) is 0.152. The molecule has 0 unspecified atom stereocenters. The normalized spacial score (nSPS) is 11.6. The molecular formula is C64H42N2O. The van der Waals surface area contributed by atoms with Gasteiger partial charge in [0.1, 0.15) is 11.2 Å². The maximum absolute atomic E-state index is 6.57. The van der Waals surface area contributed by atoms with Crippen molar-refractivity contribution in [2.45, 2.75) is 0 Å². The van der Waals surface area contributed by atoms with Crippen LogP contribution in [0.4, 0.5) is 17.1 Å². The monoisotopic (exact) mass is 854 g/mol. The molecule has 0 fully saturated rings. The Kier molecular flexibility index (Phi) is 9.17. The molecule has 0 radical (unpaired) electrons. The summed E-state index contributed by atoms with van der Waals surface area (Å²) in [6, 6.07) is 92.0. The van der Waals surface area contributed by atoms with E-state index in [0.717, 1.165) is 66.9 Å². The van der Waals surface area contributed by atoms with Gasteiger partial charge in [-0.3, -0.25) is 0 Å². The Balaban J connectivity index is 1.05. The standard InChI is InChI=1S/C64H42N2O/c1-2-16-43(17-3-1)44-32-37-48(38-33-44)65(49-39-34-46(35-40-49)51-25-14-19-45-18-4-5-20-50(45)51)61-41-36-47(42-57(61)55-26-15-31-63-64(55)56-24-9-13-30-62(56)67-63)52-21-6-10-27-58(52)66-59-28-11-7-22-53(59)54-23-8-12-29-60(54)66/h1-42H. The van der Waals surface area contributed by atoms with Gasteiger partial charge in [0.2, 0.25) is 0 Å². The highest BCUT2D eigenvalue weighted by molar-refractivity contribution is 6.14. The highest BCUT2D eigenvalue weighted by Gasteiger charge is 2.23. The van der Waals surface area contributed by atoms with Crippen molar-refractivity contribution >= 4 is 71.6 Å². The second-order valence-corrected chi connectivity index (χ2v) is 17.2. The van der Waals surface area contributed by atoms with E-state index in [9.17, 15) is 0 Å². The van der Waals surface area contributed by atoms with E-state index in [0.29, 0.717) is 0 Å². The van der Waals surface area contributed by atoms with Gasteiger partial charge in [-0.2, -0.15) is 0 Å². The number of nitrogens with zero attached hydrogens (tertiary/aromatic N) is 2. The molecule has 3 heteroatoms. The predicted octanol–water partition coefficient (Wildman–Crippen LogP) is 18.0. The summed E-state index contributed by atoms with van der Waals surface area (Å²) in [5.41, 5.74) is 17.6. The second-order valence-electron chi connectivity index (χ2n) is 17.2. The minimum atomic E-state index is 0.860. The molecule has 0 saturated carbocycles. The molecule has 0 aliphatic carbocycles. The lowest BCUT2D eigenvalue weighted by molar-refractivity contribution is 0.669. The SMILES string of the molecule is c1ccc(-c2ccc(N(c3ccc(-c4cccc5ccccc45)cc3)c3ccc(-c4ccccc4-n4c5ccccc5c5ccccc54)cc3-c3cccc4oc5ccccc5c34)cc2)cc1. The lowest BCUT2D eigenvalue weighted by Crippen LogP contribution is -2.11. The summed E-state index contributed by atoms with van der Waals surface area (Å²) in [4.78, 5) is 2.42. The van der Waals surface area contributed by atoms with Crippen molar-refractivity contribution in [1.82, 2.24) is 4.57 Å². The number of para-hydroxylation sites is 4. The molecular weight excluding hydrogens is 813 g/mol. The summed E-state index contributed by atoms with van der Waals surface area (Å²) < 4.78 is 9.00. The molecule has 11 aromatic carbocycles. The molecule has 67 heavy (non-hydrogen) atoms. The van der Waals surface area contributed by atoms with E-state index in [1.165, 1.54) is 54.8 Å². The Labute approximate surface area is 388 Å². The zero-order valence-corrected chi connectivity index (χ0v) is 36.6. The molecule has 0 saturated heterocycles. The average molecular weight is 855 g/mol. The largest absolute Gasteiger partial charge is 0.456 e. The molecule has 0 spiro atoms. The minimum absolute atomic E-state index is 0.860. The Morgan fingerprint density at radius 2 is 0.836 bits per heavy atom. The van der Waals surface area contributed by atoms with Crippen molar-refractivity contribution in [3.8, 4) is 50.2 Å². The van der Waals surface area contributed by atoms with E-state index in [1.807, 2.05) is 6.07 Å². The van der Waals surface area contributed by atoms with Gasteiger partial charge >= 0.3 is 0 Å². The molecule has 13 aromatic rings. The highest BCUT2D eigenvalue weighted by Crippen LogP contribution is 2.48. The summed E-state index contributed by atoms with van der Waals surface area (Å²) in [7, 11) is 0. The van der Waals surface area contributed by atoms with Crippen LogP contribution in [0.25, 0.3) is 105 Å². The summed E-state index contributed by atoms with van der Waals surface area (Å²) in [6.45, 7) is 0. The van der Waals surface area contributed by atoms with Crippen molar-refractivity contribution in [1.29, 1.82) is 0 Å². The molecule has 0 amide bonds. The Morgan fingerprint density at radius 1 is 0.313 bits per heavy atom. The van der Waals surface area contributed by atoms with Crippen molar-refractivity contribution in [3.05, 3.63) is 255 Å². The van der Waals surface area contributed by atoms with Crippen molar-refractivity contribution in [3.63, 3.8) is 0 Å². The summed E-state index contributed by atoms with van der Waals surface area (Å²) >= 11 is 0. The minimum Gasteiger partial charge on any atom is -0.456 e. The molecule has 0 bridgehead atoms. The highest BCUT2D eigenvalue weighted by atomic mass is 16.3. The summed E-state index contributed by atoms with van der Waals surface area (Å²) in [5.74, 6) is 0. The second kappa shape index (κ2) is 16.0. The van der Waals surface area contributed by atoms with Gasteiger partial charge in [0.25, 0.3) is 0 Å². The van der Waals surface area contributed by atoms with Crippen LogP contribution >= 0.6 is 0 Å². The first-order valence-corrected chi connectivity index (χ1v) is 22.9. The van der Waals surface area contributed by atoms with Crippen LogP contribution in [0.5, 0.6) is 0 Å². The molecule has 0 aliphatic heterocycles. The molecule has 314 valence electrons. The van der Waals surface area contributed by atoms with E-state index >= 15 is 0 Å². The first-order chi connectivity index (χ1) is 33.2. The number of anilines is 3. The molecule has 0 atom stereocenters. The number of hydrogen-bond donors (Lipinski definition) is 0. The Hall–Kier alpha value is -8.92.